The second kappa shape index (κ2) is 14.1. The quantitative estimate of drug-likeness (QED) is 0.218. The van der Waals surface area contributed by atoms with Gasteiger partial charge in [-0.2, -0.15) is 0 Å². The fourth-order valence-electron chi connectivity index (χ4n) is 12.1. The predicted octanol–water partition coefficient (Wildman–Crippen LogP) is 8.07. The topological polar surface area (TPSA) is 91.2 Å². The minimum atomic E-state index is -0.0650. The van der Waals surface area contributed by atoms with Gasteiger partial charge in [0.2, 0.25) is 5.91 Å². The number of hydrogen-bond acceptors (Lipinski definition) is 7. The summed E-state index contributed by atoms with van der Waals surface area (Å²) in [6, 6.07) is 10.7. The fourth-order valence-corrected chi connectivity index (χ4v) is 12.6. The molecule has 3 aromatic rings. The van der Waals surface area contributed by atoms with E-state index in [1.54, 1.807) is 16.0 Å². The number of thiazole rings is 1. The number of aromatic nitrogens is 4. The molecule has 5 fully saturated rings. The van der Waals surface area contributed by atoms with Crippen molar-refractivity contribution in [2.75, 3.05) is 0 Å². The predicted molar refractivity (Wildman–Crippen MR) is 195 cm³/mol. The zero-order chi connectivity index (χ0) is 34.5. The average Bonchev–Trinajstić information content (AvgIpc) is 3.92. The van der Waals surface area contributed by atoms with Gasteiger partial charge in [-0.15, -0.1) is 16.4 Å². The molecular weight excluding hydrogens is 643 g/mol. The van der Waals surface area contributed by atoms with Crippen LogP contribution in [-0.4, -0.2) is 44.2 Å². The molecule has 1 aliphatic heterocycles. The monoisotopic (exact) mass is 699 g/mol. The van der Waals surface area contributed by atoms with E-state index in [9.17, 15) is 4.79 Å². The molecular formula is C41H57N5O3S. The smallest absolute Gasteiger partial charge is 0.223 e. The number of carbonyl (C=O) groups excluding carboxylic acids is 1. The summed E-state index contributed by atoms with van der Waals surface area (Å²) in [4.78, 5) is 17.4. The Labute approximate surface area is 302 Å². The molecule has 4 aliphatic carbocycles. The van der Waals surface area contributed by atoms with Crippen LogP contribution in [0.15, 0.2) is 47.4 Å². The SMILES string of the molecule is C[C@H]1[C@H]2[C@H](C[C@H]3[C@@H]4CC[C@@H]5C[C@@H](OCc6ccccc6)CC[C@]5(C)[C@H]4CC[C@]23C)O[C@@H]1CC[C@H](C)C(=O)NCc1cn(Cc2cscn2)nn1. The molecule has 3 heterocycles. The van der Waals surface area contributed by atoms with Crippen molar-refractivity contribution < 1.29 is 14.3 Å². The highest BCUT2D eigenvalue weighted by Gasteiger charge is 2.65. The normalized spacial score (nSPS) is 38.1. The van der Waals surface area contributed by atoms with Gasteiger partial charge in [-0.1, -0.05) is 63.2 Å². The summed E-state index contributed by atoms with van der Waals surface area (Å²) in [5.74, 6) is 4.47. The maximum Gasteiger partial charge on any atom is 0.223 e. The number of hydrogen-bond donors (Lipinski definition) is 1. The first-order valence-electron chi connectivity index (χ1n) is 19.6. The molecule has 8 nitrogen and oxygen atoms in total. The third-order valence-corrected chi connectivity index (χ3v) is 15.3. The maximum absolute atomic E-state index is 13.0. The highest BCUT2D eigenvalue weighted by atomic mass is 32.1. The molecule has 8 rings (SSSR count). The van der Waals surface area contributed by atoms with Crippen LogP contribution in [0.25, 0.3) is 0 Å². The highest BCUT2D eigenvalue weighted by Crippen LogP contribution is 2.70. The van der Waals surface area contributed by atoms with Crippen molar-refractivity contribution >= 4 is 17.2 Å². The first-order valence-corrected chi connectivity index (χ1v) is 20.5. The minimum Gasteiger partial charge on any atom is -0.374 e. The lowest BCUT2D eigenvalue weighted by Crippen LogP contribution is -2.54. The number of nitrogens with one attached hydrogen (secondary N) is 1. The van der Waals surface area contributed by atoms with E-state index in [1.165, 1.54) is 56.9 Å². The van der Waals surface area contributed by atoms with Gasteiger partial charge in [-0.05, 0) is 116 Å². The minimum absolute atomic E-state index is 0.0650. The highest BCUT2D eigenvalue weighted by molar-refractivity contribution is 7.07. The molecule has 50 heavy (non-hydrogen) atoms. The Hall–Kier alpha value is -2.62. The number of amides is 1. The van der Waals surface area contributed by atoms with Crippen molar-refractivity contribution in [2.24, 2.45) is 52.3 Å². The second-order valence-corrected chi connectivity index (χ2v) is 18.0. The van der Waals surface area contributed by atoms with Crippen LogP contribution in [-0.2, 0) is 34.0 Å². The summed E-state index contributed by atoms with van der Waals surface area (Å²) in [6.45, 7) is 11.6. The molecule has 1 amide bonds. The van der Waals surface area contributed by atoms with Gasteiger partial charge in [0.15, 0.2) is 0 Å². The molecule has 2 aromatic heterocycles. The molecule has 4 saturated carbocycles. The summed E-state index contributed by atoms with van der Waals surface area (Å²) in [7, 11) is 0. The Morgan fingerprint density at radius 3 is 2.74 bits per heavy atom. The Bertz CT molecular complexity index is 1600. The number of benzene rings is 1. The molecule has 5 aliphatic rings. The number of fused-ring (bicyclic) bond motifs is 7. The molecule has 1 saturated heterocycles. The summed E-state index contributed by atoms with van der Waals surface area (Å²) in [6.07, 6.45) is 15.2. The van der Waals surface area contributed by atoms with Crippen LogP contribution in [0.4, 0.5) is 0 Å². The maximum atomic E-state index is 13.0. The van der Waals surface area contributed by atoms with Gasteiger partial charge >= 0.3 is 0 Å². The van der Waals surface area contributed by atoms with Gasteiger partial charge in [0.1, 0.15) is 5.69 Å². The molecule has 1 aromatic carbocycles. The second-order valence-electron chi connectivity index (χ2n) is 17.3. The van der Waals surface area contributed by atoms with E-state index in [1.807, 2.05) is 24.0 Å². The lowest BCUT2D eigenvalue weighted by Gasteiger charge is -2.61. The largest absolute Gasteiger partial charge is 0.374 e. The van der Waals surface area contributed by atoms with Crippen molar-refractivity contribution in [3.05, 3.63) is 64.4 Å². The first-order chi connectivity index (χ1) is 24.2. The van der Waals surface area contributed by atoms with Crippen LogP contribution in [0.1, 0.15) is 109 Å². The van der Waals surface area contributed by atoms with Crippen molar-refractivity contribution in [3.8, 4) is 0 Å². The van der Waals surface area contributed by atoms with E-state index in [0.717, 1.165) is 54.5 Å². The van der Waals surface area contributed by atoms with Gasteiger partial charge < -0.3 is 14.8 Å². The van der Waals surface area contributed by atoms with Crippen molar-refractivity contribution in [1.29, 1.82) is 0 Å². The molecule has 0 radical (unpaired) electrons. The molecule has 0 bridgehead atoms. The Balaban J connectivity index is 0.820. The third kappa shape index (κ3) is 6.49. The van der Waals surface area contributed by atoms with Crippen LogP contribution in [0.5, 0.6) is 0 Å². The number of carbonyl (C=O) groups is 1. The lowest BCUT2D eigenvalue weighted by atomic mass is 9.44. The summed E-state index contributed by atoms with van der Waals surface area (Å²) < 4.78 is 15.3. The van der Waals surface area contributed by atoms with Crippen LogP contribution in [0.2, 0.25) is 0 Å². The van der Waals surface area contributed by atoms with E-state index in [2.05, 4.69) is 71.7 Å². The van der Waals surface area contributed by atoms with Crippen molar-refractivity contribution in [1.82, 2.24) is 25.3 Å². The van der Waals surface area contributed by atoms with E-state index >= 15 is 0 Å². The van der Waals surface area contributed by atoms with Gasteiger partial charge in [0.05, 0.1) is 55.4 Å². The number of rotatable bonds is 11. The van der Waals surface area contributed by atoms with Crippen molar-refractivity contribution in [3.63, 3.8) is 0 Å². The van der Waals surface area contributed by atoms with Crippen LogP contribution in [0, 0.1) is 52.3 Å². The Morgan fingerprint density at radius 2 is 1.92 bits per heavy atom. The molecule has 0 spiro atoms. The van der Waals surface area contributed by atoms with Crippen LogP contribution in [0.3, 0.4) is 0 Å². The molecule has 270 valence electrons. The zero-order valence-corrected chi connectivity index (χ0v) is 31.3. The Morgan fingerprint density at radius 1 is 1.08 bits per heavy atom. The van der Waals surface area contributed by atoms with E-state index in [4.69, 9.17) is 9.47 Å². The van der Waals surface area contributed by atoms with E-state index in [0.29, 0.717) is 48.0 Å². The summed E-state index contributed by atoms with van der Waals surface area (Å²) in [5.41, 5.74) is 5.67. The van der Waals surface area contributed by atoms with E-state index < -0.39 is 0 Å². The van der Waals surface area contributed by atoms with Gasteiger partial charge in [0, 0.05) is 11.3 Å². The van der Waals surface area contributed by atoms with Crippen LogP contribution < -0.4 is 5.32 Å². The summed E-state index contributed by atoms with van der Waals surface area (Å²) in [5, 5.41) is 13.5. The molecule has 0 unspecified atom stereocenters. The molecule has 12 atom stereocenters. The van der Waals surface area contributed by atoms with Crippen molar-refractivity contribution in [2.45, 2.75) is 130 Å². The van der Waals surface area contributed by atoms with E-state index in [-0.39, 0.29) is 17.9 Å². The van der Waals surface area contributed by atoms with Gasteiger partial charge in [-0.3, -0.25) is 4.79 Å². The lowest BCUT2D eigenvalue weighted by molar-refractivity contribution is -0.139. The van der Waals surface area contributed by atoms with Gasteiger partial charge in [0.25, 0.3) is 0 Å². The number of nitrogens with zero attached hydrogens (tertiary/aromatic N) is 4. The summed E-state index contributed by atoms with van der Waals surface area (Å²) >= 11 is 1.57. The molecule has 1 N–H and O–H groups in total. The average molecular weight is 700 g/mol. The first kappa shape index (κ1) is 34.5. The van der Waals surface area contributed by atoms with Crippen LogP contribution >= 0.6 is 11.3 Å². The molecule has 9 heteroatoms. The fraction of sp³-hybridized carbons (Fsp3) is 0.707. The van der Waals surface area contributed by atoms with Gasteiger partial charge in [-0.25, -0.2) is 9.67 Å². The standard InChI is InChI=1S/C41H57N5O3S/c1-26(39(47)42-20-30-21-46(45-44-30)22-31-24-50-25-43-31)10-13-36-27(2)38-37(49-36)19-35-33-12-11-29-18-32(48-23-28-8-6-5-7-9-28)14-16-40(29,3)34(33)15-17-41(35,38)4/h5-9,21,24-27,29,32-38H,10-20,22-23H2,1-4H3,(H,42,47)/t26-,27+,29+,32-,33+,34-,35-,36+,37-,38-,40-,41-/m0/s1. The number of ether oxygens (including phenoxy) is 2. The Kier molecular flexibility index (Phi) is 9.70. The third-order valence-electron chi connectivity index (χ3n) is 14.7. The zero-order valence-electron chi connectivity index (χ0n) is 30.5.